The zero-order valence-corrected chi connectivity index (χ0v) is 8.11. The van der Waals surface area contributed by atoms with Crippen molar-refractivity contribution in [1.82, 2.24) is 5.32 Å². The van der Waals surface area contributed by atoms with Gasteiger partial charge in [-0.2, -0.15) is 0 Å². The third-order valence-corrected chi connectivity index (χ3v) is 2.09. The zero-order chi connectivity index (χ0) is 8.39. The van der Waals surface area contributed by atoms with Crippen LogP contribution in [-0.2, 0) is 6.54 Å². The largest absolute Gasteiger partial charge is 0.310 e. The van der Waals surface area contributed by atoms with Crippen LogP contribution in [0.2, 0.25) is 0 Å². The Kier molecular flexibility index (Phi) is 3.70. The number of hydrogen-bond donors (Lipinski definition) is 1. The molecular weight excluding hydrogens is 189 g/mol. The van der Waals surface area contributed by atoms with Gasteiger partial charge in [-0.15, -0.1) is 12.4 Å². The first-order valence-electron chi connectivity index (χ1n) is 4.32. The van der Waals surface area contributed by atoms with Gasteiger partial charge in [0.2, 0.25) is 0 Å². The molecule has 1 aromatic rings. The van der Waals surface area contributed by atoms with Gasteiger partial charge in [-0.1, -0.05) is 12.1 Å². The fourth-order valence-corrected chi connectivity index (χ4v) is 1.15. The van der Waals surface area contributed by atoms with Crippen LogP contribution in [0.1, 0.15) is 18.4 Å². The number of rotatable bonds is 3. The van der Waals surface area contributed by atoms with Crippen molar-refractivity contribution in [3.63, 3.8) is 0 Å². The minimum atomic E-state index is -0.162. The van der Waals surface area contributed by atoms with Gasteiger partial charge in [0.05, 0.1) is 0 Å². The van der Waals surface area contributed by atoms with E-state index >= 15 is 0 Å². The Hall–Kier alpha value is -0.600. The molecule has 0 saturated heterocycles. The van der Waals surface area contributed by atoms with Gasteiger partial charge >= 0.3 is 0 Å². The average Bonchev–Trinajstić information content (AvgIpc) is 2.87. The summed E-state index contributed by atoms with van der Waals surface area (Å²) in [6, 6.07) is 7.37. The molecule has 1 N–H and O–H groups in total. The van der Waals surface area contributed by atoms with Crippen molar-refractivity contribution in [2.45, 2.75) is 25.4 Å². The van der Waals surface area contributed by atoms with Gasteiger partial charge in [-0.05, 0) is 30.5 Å². The van der Waals surface area contributed by atoms with E-state index in [4.69, 9.17) is 0 Å². The van der Waals surface area contributed by atoms with Gasteiger partial charge in [0.15, 0.2) is 0 Å². The van der Waals surface area contributed by atoms with E-state index in [0.29, 0.717) is 0 Å². The Morgan fingerprint density at radius 3 is 2.38 bits per heavy atom. The van der Waals surface area contributed by atoms with Crippen molar-refractivity contribution in [3.8, 4) is 0 Å². The van der Waals surface area contributed by atoms with Crippen LogP contribution in [0.4, 0.5) is 4.39 Å². The maximum atomic E-state index is 12.5. The molecule has 0 heterocycles. The van der Waals surface area contributed by atoms with Gasteiger partial charge in [-0.3, -0.25) is 0 Å². The molecule has 1 aromatic carbocycles. The lowest BCUT2D eigenvalue weighted by molar-refractivity contribution is 0.624. The Bertz CT molecular complexity index is 256. The SMILES string of the molecule is Cl.Fc1ccc(CNC2CC2)cc1. The quantitative estimate of drug-likeness (QED) is 0.793. The summed E-state index contributed by atoms with van der Waals surface area (Å²) < 4.78 is 12.5. The molecule has 0 aromatic heterocycles. The van der Waals surface area contributed by atoms with Crippen LogP contribution in [0, 0.1) is 5.82 Å². The molecule has 0 unspecified atom stereocenters. The maximum absolute atomic E-state index is 12.5. The van der Waals surface area contributed by atoms with Gasteiger partial charge in [0.1, 0.15) is 5.82 Å². The van der Waals surface area contributed by atoms with Crippen LogP contribution in [0.5, 0.6) is 0 Å². The monoisotopic (exact) mass is 201 g/mol. The summed E-state index contributed by atoms with van der Waals surface area (Å²) in [7, 11) is 0. The number of nitrogens with one attached hydrogen (secondary N) is 1. The highest BCUT2D eigenvalue weighted by Gasteiger charge is 2.19. The van der Waals surface area contributed by atoms with Crippen molar-refractivity contribution in [2.75, 3.05) is 0 Å². The Labute approximate surface area is 83.8 Å². The van der Waals surface area contributed by atoms with Gasteiger partial charge in [0.25, 0.3) is 0 Å². The molecule has 0 atom stereocenters. The van der Waals surface area contributed by atoms with Gasteiger partial charge < -0.3 is 5.32 Å². The highest BCUT2D eigenvalue weighted by molar-refractivity contribution is 5.85. The summed E-state index contributed by atoms with van der Waals surface area (Å²) in [6.07, 6.45) is 2.59. The van der Waals surface area contributed by atoms with Gasteiger partial charge in [-0.25, -0.2) is 4.39 Å². The molecule has 0 amide bonds. The summed E-state index contributed by atoms with van der Waals surface area (Å²) in [5, 5.41) is 3.37. The number of benzene rings is 1. The summed E-state index contributed by atoms with van der Waals surface area (Å²) in [6.45, 7) is 0.866. The summed E-state index contributed by atoms with van der Waals surface area (Å²) in [4.78, 5) is 0. The van der Waals surface area contributed by atoms with Crippen molar-refractivity contribution in [1.29, 1.82) is 0 Å². The Morgan fingerprint density at radius 2 is 1.85 bits per heavy atom. The summed E-state index contributed by atoms with van der Waals surface area (Å²) in [5.41, 5.74) is 1.16. The van der Waals surface area contributed by atoms with Crippen LogP contribution < -0.4 is 5.32 Å². The molecule has 1 aliphatic carbocycles. The first kappa shape index (κ1) is 10.5. The molecule has 1 fully saturated rings. The third kappa shape index (κ3) is 3.33. The topological polar surface area (TPSA) is 12.0 Å². The lowest BCUT2D eigenvalue weighted by Crippen LogP contribution is -2.15. The van der Waals surface area contributed by atoms with E-state index in [9.17, 15) is 4.39 Å². The van der Waals surface area contributed by atoms with Crippen molar-refractivity contribution >= 4 is 12.4 Å². The van der Waals surface area contributed by atoms with Crippen molar-refractivity contribution in [3.05, 3.63) is 35.6 Å². The molecule has 1 aliphatic rings. The van der Waals surface area contributed by atoms with Crippen LogP contribution in [0.3, 0.4) is 0 Å². The second kappa shape index (κ2) is 4.58. The molecule has 2 rings (SSSR count). The second-order valence-electron chi connectivity index (χ2n) is 3.28. The van der Waals surface area contributed by atoms with E-state index < -0.39 is 0 Å². The molecule has 72 valence electrons. The fraction of sp³-hybridized carbons (Fsp3) is 0.400. The van der Waals surface area contributed by atoms with Crippen LogP contribution >= 0.6 is 12.4 Å². The smallest absolute Gasteiger partial charge is 0.123 e. The van der Waals surface area contributed by atoms with Crippen molar-refractivity contribution in [2.24, 2.45) is 0 Å². The highest BCUT2D eigenvalue weighted by atomic mass is 35.5. The van der Waals surface area contributed by atoms with E-state index in [2.05, 4.69) is 5.32 Å². The Balaban J connectivity index is 0.000000845. The molecule has 0 bridgehead atoms. The highest BCUT2D eigenvalue weighted by Crippen LogP contribution is 2.19. The number of hydrogen-bond acceptors (Lipinski definition) is 1. The van der Waals surface area contributed by atoms with Gasteiger partial charge in [0, 0.05) is 12.6 Å². The Morgan fingerprint density at radius 1 is 1.23 bits per heavy atom. The molecule has 0 radical (unpaired) electrons. The number of halogens is 2. The maximum Gasteiger partial charge on any atom is 0.123 e. The minimum Gasteiger partial charge on any atom is -0.310 e. The van der Waals surface area contributed by atoms with Crippen LogP contribution in [-0.4, -0.2) is 6.04 Å². The first-order valence-corrected chi connectivity index (χ1v) is 4.32. The van der Waals surface area contributed by atoms with Crippen LogP contribution in [0.25, 0.3) is 0 Å². The first-order chi connectivity index (χ1) is 5.84. The molecule has 13 heavy (non-hydrogen) atoms. The molecule has 1 saturated carbocycles. The minimum absolute atomic E-state index is 0. The predicted molar refractivity (Wildman–Crippen MR) is 53.5 cm³/mol. The zero-order valence-electron chi connectivity index (χ0n) is 7.29. The molecule has 1 nitrogen and oxygen atoms in total. The standard InChI is InChI=1S/C10H12FN.ClH/c11-9-3-1-8(2-4-9)7-12-10-5-6-10;/h1-4,10,12H,5-7H2;1H. The van der Waals surface area contributed by atoms with E-state index in [1.807, 2.05) is 12.1 Å². The van der Waals surface area contributed by atoms with E-state index in [1.165, 1.54) is 25.0 Å². The predicted octanol–water partition coefficient (Wildman–Crippen LogP) is 2.50. The molecule has 3 heteroatoms. The molecular formula is C10H13ClFN. The lowest BCUT2D eigenvalue weighted by atomic mass is 10.2. The summed E-state index contributed by atoms with van der Waals surface area (Å²) in [5.74, 6) is -0.162. The van der Waals surface area contributed by atoms with E-state index in [1.54, 1.807) is 0 Å². The molecule has 0 spiro atoms. The van der Waals surface area contributed by atoms with E-state index in [-0.39, 0.29) is 18.2 Å². The fourth-order valence-electron chi connectivity index (χ4n) is 1.15. The average molecular weight is 202 g/mol. The second-order valence-corrected chi connectivity index (χ2v) is 3.28. The third-order valence-electron chi connectivity index (χ3n) is 2.09. The lowest BCUT2D eigenvalue weighted by Gasteiger charge is -2.01. The van der Waals surface area contributed by atoms with Crippen molar-refractivity contribution < 1.29 is 4.39 Å². The normalized spacial score (nSPS) is 15.2. The summed E-state index contributed by atoms with van der Waals surface area (Å²) >= 11 is 0. The van der Waals surface area contributed by atoms with E-state index in [0.717, 1.165) is 18.2 Å². The van der Waals surface area contributed by atoms with Crippen LogP contribution in [0.15, 0.2) is 24.3 Å². The molecule has 0 aliphatic heterocycles.